The molecule has 2 saturated carbocycles. The molecule has 21 heavy (non-hydrogen) atoms. The van der Waals surface area contributed by atoms with Gasteiger partial charge in [-0.3, -0.25) is 4.79 Å². The highest BCUT2D eigenvalue weighted by Gasteiger charge is 2.36. The first kappa shape index (κ1) is 13.4. The van der Waals surface area contributed by atoms with Gasteiger partial charge in [0.25, 0.3) is 0 Å². The van der Waals surface area contributed by atoms with Crippen LogP contribution < -0.4 is 0 Å². The number of hydrogen-bond donors (Lipinski definition) is 0. The normalized spacial score (nSPS) is 21.0. The minimum absolute atomic E-state index is 0.361. The van der Waals surface area contributed by atoms with Crippen LogP contribution in [0.3, 0.4) is 0 Å². The predicted molar refractivity (Wildman–Crippen MR) is 84.2 cm³/mol. The Morgan fingerprint density at radius 2 is 1.81 bits per heavy atom. The number of amides is 1. The molecule has 0 atom stereocenters. The molecule has 0 bridgehead atoms. The smallest absolute Gasteiger partial charge is 0.227 e. The number of benzene rings is 1. The highest BCUT2D eigenvalue weighted by atomic mass is 16.2. The van der Waals surface area contributed by atoms with Gasteiger partial charge in [-0.2, -0.15) is 0 Å². The highest BCUT2D eigenvalue weighted by molar-refractivity contribution is 5.79. The molecule has 0 unspecified atom stereocenters. The maximum Gasteiger partial charge on any atom is 0.227 e. The molecule has 2 nitrogen and oxygen atoms in total. The number of fused-ring (bicyclic) bond motifs is 1. The van der Waals surface area contributed by atoms with E-state index in [9.17, 15) is 4.79 Å². The molecule has 0 heterocycles. The van der Waals surface area contributed by atoms with Gasteiger partial charge < -0.3 is 4.90 Å². The number of hydrogen-bond acceptors (Lipinski definition) is 1. The van der Waals surface area contributed by atoms with Crippen molar-refractivity contribution < 1.29 is 4.79 Å². The fourth-order valence-corrected chi connectivity index (χ4v) is 3.59. The molecule has 0 saturated heterocycles. The van der Waals surface area contributed by atoms with E-state index in [1.54, 1.807) is 0 Å². The largest absolute Gasteiger partial charge is 0.339 e. The lowest BCUT2D eigenvalue weighted by molar-refractivity contribution is -0.131. The van der Waals surface area contributed by atoms with Gasteiger partial charge in [0.2, 0.25) is 5.91 Å². The van der Waals surface area contributed by atoms with E-state index in [1.807, 2.05) is 0 Å². The van der Waals surface area contributed by atoms with Crippen LogP contribution in [0.1, 0.15) is 55.2 Å². The Bertz CT molecular complexity index is 542. The molecule has 3 aliphatic carbocycles. The van der Waals surface area contributed by atoms with Crippen molar-refractivity contribution in [1.82, 2.24) is 4.90 Å². The van der Waals surface area contributed by atoms with Crippen LogP contribution in [-0.2, 0) is 24.1 Å². The van der Waals surface area contributed by atoms with Crippen LogP contribution in [0.15, 0.2) is 18.2 Å². The van der Waals surface area contributed by atoms with E-state index in [1.165, 1.54) is 68.1 Å². The molecular weight excluding hydrogens is 258 g/mol. The molecule has 2 heteroatoms. The van der Waals surface area contributed by atoms with Crippen molar-refractivity contribution in [3.8, 4) is 0 Å². The zero-order chi connectivity index (χ0) is 14.2. The average molecular weight is 283 g/mol. The summed E-state index contributed by atoms with van der Waals surface area (Å²) >= 11 is 0. The summed E-state index contributed by atoms with van der Waals surface area (Å²) in [4.78, 5) is 14.8. The van der Waals surface area contributed by atoms with E-state index in [0.29, 0.717) is 18.4 Å². The molecule has 1 aromatic carbocycles. The van der Waals surface area contributed by atoms with Crippen molar-refractivity contribution >= 4 is 5.91 Å². The summed E-state index contributed by atoms with van der Waals surface area (Å²) in [6.07, 6.45) is 10.8. The van der Waals surface area contributed by atoms with Crippen LogP contribution >= 0.6 is 0 Å². The lowest BCUT2D eigenvalue weighted by Crippen LogP contribution is -2.36. The Morgan fingerprint density at radius 1 is 1.05 bits per heavy atom. The zero-order valence-corrected chi connectivity index (χ0v) is 12.8. The van der Waals surface area contributed by atoms with E-state index in [2.05, 4.69) is 23.1 Å². The van der Waals surface area contributed by atoms with Gasteiger partial charge >= 0.3 is 0 Å². The number of nitrogens with zero attached hydrogens (tertiary/aromatic N) is 1. The maximum atomic E-state index is 12.7. The molecule has 2 fully saturated rings. The SMILES string of the molecule is O=C(Cc1ccc2c(c1)CCCC2)N(CC1CC1)C1CC1. The van der Waals surface area contributed by atoms with Gasteiger partial charge in [0, 0.05) is 12.6 Å². The third-order valence-corrected chi connectivity index (χ3v) is 5.23. The first-order valence-electron chi connectivity index (χ1n) is 8.70. The topological polar surface area (TPSA) is 20.3 Å². The van der Waals surface area contributed by atoms with Crippen LogP contribution in [0.25, 0.3) is 0 Å². The predicted octanol–water partition coefficient (Wildman–Crippen LogP) is 3.51. The standard InChI is InChI=1S/C19H25NO/c21-19(20(18-9-10-18)13-14-5-6-14)12-15-7-8-16-3-1-2-4-17(16)11-15/h7-8,11,14,18H,1-6,9-10,12-13H2. The zero-order valence-electron chi connectivity index (χ0n) is 12.8. The van der Waals surface area contributed by atoms with E-state index in [-0.39, 0.29) is 0 Å². The molecule has 4 rings (SSSR count). The molecule has 0 N–H and O–H groups in total. The van der Waals surface area contributed by atoms with E-state index >= 15 is 0 Å². The van der Waals surface area contributed by atoms with Crippen LogP contribution in [0.5, 0.6) is 0 Å². The molecule has 0 spiro atoms. The first-order valence-corrected chi connectivity index (χ1v) is 8.70. The van der Waals surface area contributed by atoms with E-state index in [4.69, 9.17) is 0 Å². The summed E-state index contributed by atoms with van der Waals surface area (Å²) in [5, 5.41) is 0. The van der Waals surface area contributed by atoms with Crippen molar-refractivity contribution in [2.24, 2.45) is 5.92 Å². The van der Waals surface area contributed by atoms with Crippen LogP contribution in [-0.4, -0.2) is 23.4 Å². The fraction of sp³-hybridized carbons (Fsp3) is 0.632. The Labute approximate surface area is 127 Å². The summed E-state index contributed by atoms with van der Waals surface area (Å²) in [6, 6.07) is 7.31. The summed E-state index contributed by atoms with van der Waals surface area (Å²) in [6.45, 7) is 1.02. The molecule has 0 radical (unpaired) electrons. The van der Waals surface area contributed by atoms with Gasteiger partial charge in [-0.1, -0.05) is 18.2 Å². The lowest BCUT2D eigenvalue weighted by Gasteiger charge is -2.23. The fourth-order valence-electron chi connectivity index (χ4n) is 3.59. The van der Waals surface area contributed by atoms with Gasteiger partial charge in [0.05, 0.1) is 6.42 Å². The third kappa shape index (κ3) is 3.14. The van der Waals surface area contributed by atoms with Gasteiger partial charge in [-0.25, -0.2) is 0 Å². The number of rotatable bonds is 5. The van der Waals surface area contributed by atoms with E-state index in [0.717, 1.165) is 12.5 Å². The second-order valence-electron chi connectivity index (χ2n) is 7.21. The molecule has 1 amide bonds. The van der Waals surface area contributed by atoms with Crippen molar-refractivity contribution in [3.05, 3.63) is 34.9 Å². The summed E-state index contributed by atoms with van der Waals surface area (Å²) in [5.41, 5.74) is 4.23. The number of carbonyl (C=O) groups is 1. The quantitative estimate of drug-likeness (QED) is 0.810. The van der Waals surface area contributed by atoms with Crippen molar-refractivity contribution in [2.75, 3.05) is 6.54 Å². The van der Waals surface area contributed by atoms with Crippen molar-refractivity contribution in [1.29, 1.82) is 0 Å². The summed E-state index contributed by atoms with van der Waals surface area (Å²) in [7, 11) is 0. The number of aryl methyl sites for hydroxylation is 2. The second-order valence-corrected chi connectivity index (χ2v) is 7.21. The van der Waals surface area contributed by atoms with Crippen LogP contribution in [0, 0.1) is 5.92 Å². The average Bonchev–Trinajstić information content (AvgIpc) is 3.37. The summed E-state index contributed by atoms with van der Waals surface area (Å²) < 4.78 is 0. The molecule has 0 aromatic heterocycles. The Hall–Kier alpha value is -1.31. The van der Waals surface area contributed by atoms with Crippen LogP contribution in [0.2, 0.25) is 0 Å². The number of carbonyl (C=O) groups excluding carboxylic acids is 1. The molecule has 1 aromatic rings. The van der Waals surface area contributed by atoms with Crippen molar-refractivity contribution in [3.63, 3.8) is 0 Å². The minimum atomic E-state index is 0.361. The van der Waals surface area contributed by atoms with Gasteiger partial charge in [0.1, 0.15) is 0 Å². The Morgan fingerprint density at radius 3 is 2.52 bits per heavy atom. The molecule has 3 aliphatic rings. The third-order valence-electron chi connectivity index (χ3n) is 5.23. The Kier molecular flexibility index (Phi) is 3.48. The Balaban J connectivity index is 1.45. The molecule has 112 valence electrons. The highest BCUT2D eigenvalue weighted by Crippen LogP contribution is 2.35. The van der Waals surface area contributed by atoms with Crippen LogP contribution in [0.4, 0.5) is 0 Å². The van der Waals surface area contributed by atoms with Gasteiger partial charge in [-0.15, -0.1) is 0 Å². The minimum Gasteiger partial charge on any atom is -0.339 e. The second kappa shape index (κ2) is 5.47. The summed E-state index contributed by atoms with van der Waals surface area (Å²) in [5.74, 6) is 1.17. The monoisotopic (exact) mass is 283 g/mol. The van der Waals surface area contributed by atoms with E-state index < -0.39 is 0 Å². The molecular formula is C19H25NO. The van der Waals surface area contributed by atoms with Gasteiger partial charge in [0.15, 0.2) is 0 Å². The van der Waals surface area contributed by atoms with Crippen molar-refractivity contribution in [2.45, 2.75) is 63.8 Å². The lowest BCUT2D eigenvalue weighted by atomic mass is 9.90. The molecule has 0 aliphatic heterocycles. The van der Waals surface area contributed by atoms with Gasteiger partial charge in [-0.05, 0) is 74.0 Å². The maximum absolute atomic E-state index is 12.7. The first-order chi connectivity index (χ1) is 10.3.